The van der Waals surface area contributed by atoms with Gasteiger partial charge in [0.1, 0.15) is 6.61 Å². The van der Waals surface area contributed by atoms with Crippen molar-refractivity contribution in [2.45, 2.75) is 38.6 Å². The first-order valence-corrected chi connectivity index (χ1v) is 7.02. The largest absolute Gasteiger partial charge is 0.489 e. The molecule has 1 unspecified atom stereocenters. The quantitative estimate of drug-likeness (QED) is 0.853. The molecule has 1 aliphatic carbocycles. The molecule has 0 radical (unpaired) electrons. The van der Waals surface area contributed by atoms with Gasteiger partial charge in [-0.3, -0.25) is 0 Å². The molecule has 2 rings (SSSR count). The Hall–Kier alpha value is -1.16. The van der Waals surface area contributed by atoms with E-state index >= 15 is 0 Å². The van der Waals surface area contributed by atoms with Crippen molar-refractivity contribution in [3.63, 3.8) is 0 Å². The number of ether oxygens (including phenoxy) is 1. The first kappa shape index (κ1) is 14.3. The molecule has 0 amide bonds. The van der Waals surface area contributed by atoms with Crippen molar-refractivity contribution in [2.75, 3.05) is 13.2 Å². The van der Waals surface area contributed by atoms with Gasteiger partial charge in [-0.05, 0) is 37.4 Å². The zero-order chi connectivity index (χ0) is 13.7. The maximum absolute atomic E-state index is 13.5. The Kier molecular flexibility index (Phi) is 5.14. The molecule has 1 atom stereocenters. The third-order valence-electron chi connectivity index (χ3n) is 3.77. The van der Waals surface area contributed by atoms with Crippen molar-refractivity contribution in [3.05, 3.63) is 29.8 Å². The lowest BCUT2D eigenvalue weighted by Crippen LogP contribution is -2.40. The van der Waals surface area contributed by atoms with Gasteiger partial charge in [-0.15, -0.1) is 0 Å². The molecule has 1 aliphatic rings. The third kappa shape index (κ3) is 3.66. The zero-order valence-electron chi connectivity index (χ0n) is 11.3. The predicted molar refractivity (Wildman–Crippen MR) is 71.3 cm³/mol. The summed E-state index contributed by atoms with van der Waals surface area (Å²) >= 11 is 0. The van der Waals surface area contributed by atoms with Crippen LogP contribution in [0.5, 0.6) is 5.75 Å². The fraction of sp³-hybridized carbons (Fsp3) is 0.600. The molecule has 19 heavy (non-hydrogen) atoms. The minimum absolute atomic E-state index is 0.000833. The summed E-state index contributed by atoms with van der Waals surface area (Å²) in [6.45, 7) is 3.29. The molecule has 0 saturated heterocycles. The third-order valence-corrected chi connectivity index (χ3v) is 3.77. The van der Waals surface area contributed by atoms with Crippen LogP contribution in [0.1, 0.15) is 32.6 Å². The van der Waals surface area contributed by atoms with Crippen LogP contribution in [0.3, 0.4) is 0 Å². The van der Waals surface area contributed by atoms with Gasteiger partial charge < -0.3 is 10.1 Å². The molecule has 2 nitrogen and oxygen atoms in total. The topological polar surface area (TPSA) is 21.3 Å². The molecule has 1 aromatic carbocycles. The summed E-state index contributed by atoms with van der Waals surface area (Å²) in [4.78, 5) is 0. The molecule has 0 aromatic heterocycles. The van der Waals surface area contributed by atoms with Crippen molar-refractivity contribution in [3.8, 4) is 5.75 Å². The van der Waals surface area contributed by atoms with Crippen LogP contribution in [-0.2, 0) is 0 Å². The van der Waals surface area contributed by atoms with Crippen molar-refractivity contribution < 1.29 is 13.5 Å². The van der Waals surface area contributed by atoms with E-state index < -0.39 is 11.6 Å². The Morgan fingerprint density at radius 2 is 2.05 bits per heavy atom. The van der Waals surface area contributed by atoms with Crippen LogP contribution in [0.2, 0.25) is 0 Å². The van der Waals surface area contributed by atoms with Gasteiger partial charge in [0.25, 0.3) is 0 Å². The Balaban J connectivity index is 1.96. The van der Waals surface area contributed by atoms with E-state index in [4.69, 9.17) is 4.74 Å². The minimum atomic E-state index is -0.899. The lowest BCUT2D eigenvalue weighted by atomic mass is 9.99. The lowest BCUT2D eigenvalue weighted by Gasteiger charge is -2.24. The van der Waals surface area contributed by atoms with E-state index in [0.717, 1.165) is 12.6 Å². The summed E-state index contributed by atoms with van der Waals surface area (Å²) in [6.07, 6.45) is 4.88. The fourth-order valence-corrected chi connectivity index (χ4v) is 2.76. The molecular formula is C15H21F2NO. The number of hydrogen-bond donors (Lipinski definition) is 1. The number of halogens is 2. The van der Waals surface area contributed by atoms with Crippen LogP contribution >= 0.6 is 0 Å². The fourth-order valence-electron chi connectivity index (χ4n) is 2.76. The molecule has 0 aliphatic heterocycles. The van der Waals surface area contributed by atoms with Crippen molar-refractivity contribution >= 4 is 0 Å². The van der Waals surface area contributed by atoms with Gasteiger partial charge in [-0.1, -0.05) is 25.8 Å². The Morgan fingerprint density at radius 1 is 1.32 bits per heavy atom. The first-order valence-electron chi connectivity index (χ1n) is 7.02. The smallest absolute Gasteiger partial charge is 0.200 e. The Labute approximate surface area is 113 Å². The van der Waals surface area contributed by atoms with E-state index in [-0.39, 0.29) is 11.8 Å². The standard InChI is InChI=1S/C15H21F2NO/c1-2-18-13(11-6-3-4-7-11)10-19-14-9-5-8-12(16)15(14)17/h5,8-9,11,13,18H,2-4,6-7,10H2,1H3. The second-order valence-electron chi connectivity index (χ2n) is 5.07. The van der Waals surface area contributed by atoms with Crippen LogP contribution in [0.25, 0.3) is 0 Å². The molecule has 0 bridgehead atoms. The molecule has 1 N–H and O–H groups in total. The van der Waals surface area contributed by atoms with Gasteiger partial charge in [0.05, 0.1) is 0 Å². The van der Waals surface area contributed by atoms with E-state index in [0.29, 0.717) is 12.5 Å². The van der Waals surface area contributed by atoms with Crippen molar-refractivity contribution in [1.82, 2.24) is 5.32 Å². The number of rotatable bonds is 6. The average molecular weight is 269 g/mol. The summed E-state index contributed by atoms with van der Waals surface area (Å²) in [5.41, 5.74) is 0. The molecular weight excluding hydrogens is 248 g/mol. The van der Waals surface area contributed by atoms with E-state index in [1.807, 2.05) is 6.92 Å². The number of hydrogen-bond acceptors (Lipinski definition) is 2. The summed E-state index contributed by atoms with van der Waals surface area (Å²) in [5.74, 6) is -1.18. The summed E-state index contributed by atoms with van der Waals surface area (Å²) in [5, 5.41) is 3.39. The molecule has 1 saturated carbocycles. The maximum atomic E-state index is 13.5. The molecule has 1 aromatic rings. The summed E-state index contributed by atoms with van der Waals surface area (Å²) in [7, 11) is 0. The van der Waals surface area contributed by atoms with E-state index in [1.165, 1.54) is 37.8 Å². The van der Waals surface area contributed by atoms with Crippen LogP contribution in [0, 0.1) is 17.6 Å². The second kappa shape index (κ2) is 6.85. The molecule has 106 valence electrons. The second-order valence-corrected chi connectivity index (χ2v) is 5.07. The normalized spacial score (nSPS) is 17.6. The highest BCUT2D eigenvalue weighted by Gasteiger charge is 2.25. The molecule has 0 heterocycles. The van der Waals surface area contributed by atoms with Crippen molar-refractivity contribution in [1.29, 1.82) is 0 Å². The van der Waals surface area contributed by atoms with Gasteiger partial charge in [0, 0.05) is 6.04 Å². The van der Waals surface area contributed by atoms with Crippen LogP contribution in [0.15, 0.2) is 18.2 Å². The SMILES string of the molecule is CCNC(COc1cccc(F)c1F)C1CCCC1. The van der Waals surface area contributed by atoms with Crippen molar-refractivity contribution in [2.24, 2.45) is 5.92 Å². The van der Waals surface area contributed by atoms with E-state index in [2.05, 4.69) is 5.32 Å². The van der Waals surface area contributed by atoms with Crippen LogP contribution in [0.4, 0.5) is 8.78 Å². The number of benzene rings is 1. The monoisotopic (exact) mass is 269 g/mol. The van der Waals surface area contributed by atoms with Gasteiger partial charge in [0.2, 0.25) is 5.82 Å². The highest BCUT2D eigenvalue weighted by Crippen LogP contribution is 2.28. The van der Waals surface area contributed by atoms with Gasteiger partial charge >= 0.3 is 0 Å². The highest BCUT2D eigenvalue weighted by molar-refractivity contribution is 5.25. The highest BCUT2D eigenvalue weighted by atomic mass is 19.2. The molecule has 0 spiro atoms. The zero-order valence-corrected chi connectivity index (χ0v) is 11.3. The maximum Gasteiger partial charge on any atom is 0.200 e. The summed E-state index contributed by atoms with van der Waals surface area (Å²) in [6, 6.07) is 4.25. The van der Waals surface area contributed by atoms with Crippen LogP contribution in [-0.4, -0.2) is 19.2 Å². The first-order chi connectivity index (χ1) is 9.22. The lowest BCUT2D eigenvalue weighted by molar-refractivity contribution is 0.210. The molecule has 4 heteroatoms. The summed E-state index contributed by atoms with van der Waals surface area (Å²) < 4.78 is 32.0. The van der Waals surface area contributed by atoms with Crippen LogP contribution < -0.4 is 10.1 Å². The number of nitrogens with one attached hydrogen (secondary N) is 1. The van der Waals surface area contributed by atoms with Gasteiger partial charge in [0.15, 0.2) is 11.6 Å². The van der Waals surface area contributed by atoms with Gasteiger partial charge in [-0.25, -0.2) is 4.39 Å². The Bertz CT molecular complexity index is 405. The number of likely N-dealkylation sites (N-methyl/N-ethyl adjacent to an activating group) is 1. The average Bonchev–Trinajstić information content (AvgIpc) is 2.93. The Morgan fingerprint density at radius 3 is 2.74 bits per heavy atom. The molecule has 1 fully saturated rings. The van der Waals surface area contributed by atoms with E-state index in [1.54, 1.807) is 0 Å². The van der Waals surface area contributed by atoms with Gasteiger partial charge in [-0.2, -0.15) is 4.39 Å². The minimum Gasteiger partial charge on any atom is -0.489 e. The predicted octanol–water partition coefficient (Wildman–Crippen LogP) is 3.51. The van der Waals surface area contributed by atoms with E-state index in [9.17, 15) is 8.78 Å².